The van der Waals surface area contributed by atoms with Gasteiger partial charge in [-0.1, -0.05) is 25.8 Å². The van der Waals surface area contributed by atoms with Crippen molar-refractivity contribution in [3.05, 3.63) is 12.2 Å². The molecule has 76 valence electrons. The van der Waals surface area contributed by atoms with Gasteiger partial charge in [-0.05, 0) is 12.8 Å². The second kappa shape index (κ2) is 9.26. The topological polar surface area (TPSA) is 46.5 Å². The van der Waals surface area contributed by atoms with Gasteiger partial charge in [-0.25, -0.2) is 4.79 Å². The minimum atomic E-state index is -0.370. The minimum Gasteiger partial charge on any atom is -0.460 e. The smallest absolute Gasteiger partial charge is 0.330 e. The van der Waals surface area contributed by atoms with Gasteiger partial charge >= 0.3 is 5.97 Å². The predicted octanol–water partition coefficient (Wildman–Crippen LogP) is 1.66. The Morgan fingerprint density at radius 2 is 2.23 bits per heavy atom. The number of aliphatic hydroxyl groups excluding tert-OH is 1. The largest absolute Gasteiger partial charge is 0.460 e. The summed E-state index contributed by atoms with van der Waals surface area (Å²) < 4.78 is 4.62. The van der Waals surface area contributed by atoms with E-state index < -0.39 is 0 Å². The van der Waals surface area contributed by atoms with Gasteiger partial charge < -0.3 is 9.84 Å². The molecule has 0 saturated heterocycles. The van der Waals surface area contributed by atoms with Crippen molar-refractivity contribution in [2.75, 3.05) is 13.2 Å². The number of hydrogen-bond donors (Lipinski definition) is 1. The lowest BCUT2D eigenvalue weighted by Crippen LogP contribution is -2.04. The number of rotatable bonds is 7. The first-order chi connectivity index (χ1) is 6.31. The fraction of sp³-hybridized carbons (Fsp3) is 0.700. The Balaban J connectivity index is 3.31. The Morgan fingerprint density at radius 3 is 2.85 bits per heavy atom. The first-order valence-corrected chi connectivity index (χ1v) is 4.75. The predicted molar refractivity (Wildman–Crippen MR) is 51.3 cm³/mol. The highest BCUT2D eigenvalue weighted by Gasteiger charge is 1.93. The zero-order chi connectivity index (χ0) is 9.94. The summed E-state index contributed by atoms with van der Waals surface area (Å²) in [7, 11) is 0. The Bertz CT molecular complexity index is 152. The Morgan fingerprint density at radius 1 is 1.46 bits per heavy atom. The van der Waals surface area contributed by atoms with Crippen LogP contribution in [-0.4, -0.2) is 24.3 Å². The first kappa shape index (κ1) is 12.2. The van der Waals surface area contributed by atoms with E-state index in [1.165, 1.54) is 18.9 Å². The van der Waals surface area contributed by atoms with Crippen molar-refractivity contribution in [2.45, 2.75) is 32.6 Å². The fourth-order valence-corrected chi connectivity index (χ4v) is 0.886. The maximum absolute atomic E-state index is 10.8. The van der Waals surface area contributed by atoms with Crippen LogP contribution < -0.4 is 0 Å². The van der Waals surface area contributed by atoms with Gasteiger partial charge in [-0.2, -0.15) is 0 Å². The number of hydrogen-bond acceptors (Lipinski definition) is 3. The van der Waals surface area contributed by atoms with E-state index in [4.69, 9.17) is 5.11 Å². The molecule has 0 radical (unpaired) electrons. The van der Waals surface area contributed by atoms with E-state index in [1.54, 1.807) is 0 Å². The SMILES string of the molecule is CCCCC/C=C/C(=O)OCCO. The molecule has 0 aromatic carbocycles. The average Bonchev–Trinajstić information content (AvgIpc) is 2.14. The fourth-order valence-electron chi connectivity index (χ4n) is 0.886. The quantitative estimate of drug-likeness (QED) is 0.373. The van der Waals surface area contributed by atoms with E-state index in [2.05, 4.69) is 11.7 Å². The third-order valence-electron chi connectivity index (χ3n) is 1.56. The maximum atomic E-state index is 10.8. The second-order valence-electron chi connectivity index (χ2n) is 2.79. The Labute approximate surface area is 79.4 Å². The molecule has 0 aromatic heterocycles. The van der Waals surface area contributed by atoms with Crippen LogP contribution in [0.25, 0.3) is 0 Å². The van der Waals surface area contributed by atoms with Gasteiger partial charge in [0.25, 0.3) is 0 Å². The van der Waals surface area contributed by atoms with Gasteiger partial charge in [0.05, 0.1) is 6.61 Å². The van der Waals surface area contributed by atoms with Crippen LogP contribution in [0.15, 0.2) is 12.2 Å². The molecule has 13 heavy (non-hydrogen) atoms. The van der Waals surface area contributed by atoms with Gasteiger partial charge in [-0.3, -0.25) is 0 Å². The van der Waals surface area contributed by atoms with Crippen LogP contribution in [0.4, 0.5) is 0 Å². The minimum absolute atomic E-state index is 0.0815. The molecule has 0 atom stereocenters. The average molecular weight is 186 g/mol. The molecule has 0 rings (SSSR count). The van der Waals surface area contributed by atoms with Crippen LogP contribution in [-0.2, 0) is 9.53 Å². The van der Waals surface area contributed by atoms with E-state index in [9.17, 15) is 4.79 Å². The normalized spacial score (nSPS) is 10.6. The van der Waals surface area contributed by atoms with E-state index in [1.807, 2.05) is 6.08 Å². The number of carbonyl (C=O) groups excluding carboxylic acids is 1. The molecule has 3 nitrogen and oxygen atoms in total. The number of allylic oxidation sites excluding steroid dienone is 1. The summed E-state index contributed by atoms with van der Waals surface area (Å²) in [5, 5.41) is 8.36. The summed E-state index contributed by atoms with van der Waals surface area (Å²) in [5.41, 5.74) is 0. The van der Waals surface area contributed by atoms with E-state index in [0.29, 0.717) is 0 Å². The first-order valence-electron chi connectivity index (χ1n) is 4.75. The van der Waals surface area contributed by atoms with Crippen molar-refractivity contribution in [1.29, 1.82) is 0 Å². The van der Waals surface area contributed by atoms with Gasteiger partial charge in [0.2, 0.25) is 0 Å². The van der Waals surface area contributed by atoms with Gasteiger partial charge in [0.15, 0.2) is 0 Å². The van der Waals surface area contributed by atoms with E-state index in [-0.39, 0.29) is 19.2 Å². The highest BCUT2D eigenvalue weighted by atomic mass is 16.5. The monoisotopic (exact) mass is 186 g/mol. The third kappa shape index (κ3) is 9.08. The number of ether oxygens (including phenoxy) is 1. The van der Waals surface area contributed by atoms with Crippen LogP contribution in [0.2, 0.25) is 0 Å². The number of esters is 1. The second-order valence-corrected chi connectivity index (χ2v) is 2.79. The number of aliphatic hydroxyl groups is 1. The highest BCUT2D eigenvalue weighted by Crippen LogP contribution is 1.99. The van der Waals surface area contributed by atoms with Crippen molar-refractivity contribution >= 4 is 5.97 Å². The van der Waals surface area contributed by atoms with Crippen molar-refractivity contribution in [1.82, 2.24) is 0 Å². The van der Waals surface area contributed by atoms with Crippen LogP contribution >= 0.6 is 0 Å². The molecular weight excluding hydrogens is 168 g/mol. The Hall–Kier alpha value is -0.830. The van der Waals surface area contributed by atoms with Gasteiger partial charge in [0, 0.05) is 6.08 Å². The Kier molecular flexibility index (Phi) is 8.67. The van der Waals surface area contributed by atoms with Crippen LogP contribution in [0.5, 0.6) is 0 Å². The van der Waals surface area contributed by atoms with Gasteiger partial charge in [0.1, 0.15) is 6.61 Å². The lowest BCUT2D eigenvalue weighted by Gasteiger charge is -1.96. The van der Waals surface area contributed by atoms with Crippen molar-refractivity contribution < 1.29 is 14.6 Å². The molecule has 0 amide bonds. The van der Waals surface area contributed by atoms with Crippen molar-refractivity contribution in [3.8, 4) is 0 Å². The maximum Gasteiger partial charge on any atom is 0.330 e. The molecule has 0 saturated carbocycles. The van der Waals surface area contributed by atoms with Crippen molar-refractivity contribution in [2.24, 2.45) is 0 Å². The zero-order valence-corrected chi connectivity index (χ0v) is 8.16. The lowest BCUT2D eigenvalue weighted by molar-refractivity contribution is -0.138. The molecule has 0 aliphatic rings. The zero-order valence-electron chi connectivity index (χ0n) is 8.16. The summed E-state index contributed by atoms with van der Waals surface area (Å²) in [6, 6.07) is 0. The van der Waals surface area contributed by atoms with E-state index in [0.717, 1.165) is 12.8 Å². The number of unbranched alkanes of at least 4 members (excludes halogenated alkanes) is 3. The molecule has 3 heteroatoms. The molecule has 0 fully saturated rings. The standard InChI is InChI=1S/C10H18O3/c1-2-3-4-5-6-7-10(12)13-9-8-11/h6-7,11H,2-5,8-9H2,1H3/b7-6+. The van der Waals surface area contributed by atoms with Crippen LogP contribution in [0.3, 0.4) is 0 Å². The molecule has 0 unspecified atom stereocenters. The molecule has 0 aliphatic carbocycles. The van der Waals surface area contributed by atoms with Crippen molar-refractivity contribution in [3.63, 3.8) is 0 Å². The summed E-state index contributed by atoms with van der Waals surface area (Å²) >= 11 is 0. The summed E-state index contributed by atoms with van der Waals surface area (Å²) in [5.74, 6) is -0.370. The van der Waals surface area contributed by atoms with Crippen LogP contribution in [0.1, 0.15) is 32.6 Å². The molecular formula is C10H18O3. The van der Waals surface area contributed by atoms with Gasteiger partial charge in [-0.15, -0.1) is 0 Å². The molecule has 0 aliphatic heterocycles. The third-order valence-corrected chi connectivity index (χ3v) is 1.56. The molecule has 0 spiro atoms. The molecule has 0 heterocycles. The molecule has 0 aromatic rings. The summed E-state index contributed by atoms with van der Waals surface area (Å²) in [6.45, 7) is 2.10. The van der Waals surface area contributed by atoms with E-state index >= 15 is 0 Å². The summed E-state index contributed by atoms with van der Waals surface area (Å²) in [6.07, 6.45) is 7.64. The number of carbonyl (C=O) groups is 1. The summed E-state index contributed by atoms with van der Waals surface area (Å²) in [4.78, 5) is 10.8. The molecule has 1 N–H and O–H groups in total. The molecule has 0 bridgehead atoms. The lowest BCUT2D eigenvalue weighted by atomic mass is 10.2. The highest BCUT2D eigenvalue weighted by molar-refractivity contribution is 5.81. The van der Waals surface area contributed by atoms with Crippen LogP contribution in [0, 0.1) is 0 Å².